The molecule has 0 aromatic heterocycles. The minimum Gasteiger partial charge on any atom is -0.376 e. The summed E-state index contributed by atoms with van der Waals surface area (Å²) in [5, 5.41) is 6.04. The van der Waals surface area contributed by atoms with Gasteiger partial charge in [-0.25, -0.2) is 0 Å². The highest BCUT2D eigenvalue weighted by Crippen LogP contribution is 1.58. The van der Waals surface area contributed by atoms with E-state index < -0.39 is 0 Å². The molecule has 0 spiro atoms. The van der Waals surface area contributed by atoms with E-state index in [9.17, 15) is 0 Å². The van der Waals surface area contributed by atoms with Crippen LogP contribution in [0, 0.1) is 0 Å². The summed E-state index contributed by atoms with van der Waals surface area (Å²) in [4.78, 5) is 0. The fourth-order valence-corrected chi connectivity index (χ4v) is 0.585. The summed E-state index contributed by atoms with van der Waals surface area (Å²) >= 11 is 4.48. The van der Waals surface area contributed by atoms with E-state index in [1.807, 2.05) is 0 Å². The number of hydrogen-bond acceptors (Lipinski definition) is 4. The molecular weight excluding hydrogens is 198 g/mol. The molecule has 0 unspecified atom stereocenters. The first kappa shape index (κ1) is 15.8. The van der Waals surface area contributed by atoms with Gasteiger partial charge in [-0.2, -0.15) is 0 Å². The van der Waals surface area contributed by atoms with Gasteiger partial charge in [0.1, 0.15) is 0 Å². The lowest BCUT2D eigenvalue weighted by atomic mass is 10.6. The van der Waals surface area contributed by atoms with Crippen LogP contribution in [0.5, 0.6) is 0 Å². The van der Waals surface area contributed by atoms with Crippen molar-refractivity contribution in [3.05, 3.63) is 12.7 Å². The van der Waals surface area contributed by atoms with Crippen LogP contribution >= 0.6 is 12.2 Å². The molecule has 0 atom stereocenters. The molecule has 0 saturated carbocycles. The van der Waals surface area contributed by atoms with Crippen molar-refractivity contribution in [2.75, 3.05) is 32.7 Å². The minimum absolute atomic E-state index is 0.319. The second-order valence-electron chi connectivity index (χ2n) is 2.36. The summed E-state index contributed by atoms with van der Waals surface area (Å²) < 4.78 is 0. The Morgan fingerprint density at radius 3 is 2.00 bits per heavy atom. The Bertz CT molecular complexity index is 136. The van der Waals surface area contributed by atoms with Crippen LogP contribution in [0.2, 0.25) is 0 Å². The van der Waals surface area contributed by atoms with Crippen molar-refractivity contribution >= 4 is 17.3 Å². The molecule has 5 nitrogen and oxygen atoms in total. The molecule has 14 heavy (non-hydrogen) atoms. The lowest BCUT2D eigenvalue weighted by Gasteiger charge is -1.95. The summed E-state index contributed by atoms with van der Waals surface area (Å²) in [6.07, 6.45) is 1.69. The summed E-state index contributed by atoms with van der Waals surface area (Å²) in [7, 11) is 0. The van der Waals surface area contributed by atoms with Crippen molar-refractivity contribution in [2.24, 2.45) is 17.2 Å². The molecule has 0 rings (SSSR count). The smallest absolute Gasteiger partial charge is 0.163 e. The largest absolute Gasteiger partial charge is 0.376 e. The molecule has 0 saturated heterocycles. The van der Waals surface area contributed by atoms with Crippen LogP contribution in [0.1, 0.15) is 0 Å². The number of hydrogen-bond donors (Lipinski definition) is 5. The van der Waals surface area contributed by atoms with Crippen molar-refractivity contribution in [1.82, 2.24) is 10.6 Å². The maximum absolute atomic E-state index is 5.17. The molecule has 0 aliphatic heterocycles. The first-order valence-corrected chi connectivity index (χ1v) is 4.84. The maximum Gasteiger partial charge on any atom is 0.163 e. The standard InChI is InChI=1S/C4H13N3.C4H8N2S/c5-1-3-7-4-2-6;1-2-3-6-4(5)7/h7H,1-6H2;2H,1,3H2,(H3,5,6,7). The quantitative estimate of drug-likeness (QED) is 0.212. The lowest BCUT2D eigenvalue weighted by molar-refractivity contribution is 0.696. The van der Waals surface area contributed by atoms with Crippen molar-refractivity contribution in [3.8, 4) is 0 Å². The second-order valence-corrected chi connectivity index (χ2v) is 2.80. The van der Waals surface area contributed by atoms with Crippen LogP contribution < -0.4 is 27.8 Å². The molecule has 0 radical (unpaired) electrons. The van der Waals surface area contributed by atoms with Gasteiger partial charge < -0.3 is 27.8 Å². The van der Waals surface area contributed by atoms with Crippen LogP contribution in [0.4, 0.5) is 0 Å². The zero-order valence-corrected chi connectivity index (χ0v) is 9.28. The molecule has 0 heterocycles. The van der Waals surface area contributed by atoms with Crippen molar-refractivity contribution in [1.29, 1.82) is 0 Å². The van der Waals surface area contributed by atoms with E-state index in [4.69, 9.17) is 17.2 Å². The highest BCUT2D eigenvalue weighted by atomic mass is 32.1. The van der Waals surface area contributed by atoms with E-state index in [2.05, 4.69) is 29.4 Å². The van der Waals surface area contributed by atoms with Gasteiger partial charge in [0.25, 0.3) is 0 Å². The van der Waals surface area contributed by atoms with Crippen molar-refractivity contribution in [2.45, 2.75) is 0 Å². The zero-order chi connectivity index (χ0) is 11.2. The summed E-state index contributed by atoms with van der Waals surface area (Å²) in [5.74, 6) is 0. The van der Waals surface area contributed by atoms with Gasteiger partial charge in [0.15, 0.2) is 5.11 Å². The Morgan fingerprint density at radius 2 is 1.79 bits per heavy atom. The predicted molar refractivity (Wildman–Crippen MR) is 66.0 cm³/mol. The van der Waals surface area contributed by atoms with E-state index in [0.29, 0.717) is 24.7 Å². The van der Waals surface area contributed by atoms with Crippen molar-refractivity contribution in [3.63, 3.8) is 0 Å². The first-order valence-electron chi connectivity index (χ1n) is 4.44. The topological polar surface area (TPSA) is 102 Å². The molecule has 0 fully saturated rings. The third kappa shape index (κ3) is 22.5. The van der Waals surface area contributed by atoms with Crippen LogP contribution in [0.3, 0.4) is 0 Å². The number of rotatable bonds is 6. The molecule has 0 amide bonds. The van der Waals surface area contributed by atoms with Crippen LogP contribution in [0.15, 0.2) is 12.7 Å². The third-order valence-corrected chi connectivity index (χ3v) is 1.21. The average Bonchev–Trinajstić information content (AvgIpc) is 2.16. The Labute approximate surface area is 91.1 Å². The number of thiocarbonyl (C=S) groups is 1. The molecule has 0 bridgehead atoms. The van der Waals surface area contributed by atoms with E-state index >= 15 is 0 Å². The first-order chi connectivity index (χ1) is 6.68. The Hall–Kier alpha value is -0.690. The maximum atomic E-state index is 5.17. The van der Waals surface area contributed by atoms with E-state index in [1.54, 1.807) is 6.08 Å². The van der Waals surface area contributed by atoms with Gasteiger partial charge >= 0.3 is 0 Å². The van der Waals surface area contributed by atoms with Crippen LogP contribution in [0.25, 0.3) is 0 Å². The molecular formula is C8H21N5S. The Balaban J connectivity index is 0. The third-order valence-electron chi connectivity index (χ3n) is 1.06. The minimum atomic E-state index is 0.319. The zero-order valence-electron chi connectivity index (χ0n) is 8.46. The SMILES string of the molecule is C=CCNC(N)=S.NCCNCCN. The highest BCUT2D eigenvalue weighted by Gasteiger charge is 1.77. The lowest BCUT2D eigenvalue weighted by Crippen LogP contribution is -2.28. The monoisotopic (exact) mass is 219 g/mol. The molecule has 0 aliphatic rings. The fourth-order valence-electron chi connectivity index (χ4n) is 0.502. The van der Waals surface area contributed by atoms with E-state index in [0.717, 1.165) is 13.1 Å². The fraction of sp³-hybridized carbons (Fsp3) is 0.625. The Kier molecular flexibility index (Phi) is 16.7. The van der Waals surface area contributed by atoms with Gasteiger partial charge in [-0.05, 0) is 12.2 Å². The van der Waals surface area contributed by atoms with Gasteiger partial charge in [0.2, 0.25) is 0 Å². The summed E-state index contributed by atoms with van der Waals surface area (Å²) in [6, 6.07) is 0. The van der Waals surface area contributed by atoms with E-state index in [-0.39, 0.29) is 0 Å². The van der Waals surface area contributed by atoms with Crippen LogP contribution in [-0.2, 0) is 0 Å². The molecule has 0 aromatic carbocycles. The van der Waals surface area contributed by atoms with Crippen LogP contribution in [-0.4, -0.2) is 37.8 Å². The summed E-state index contributed by atoms with van der Waals surface area (Å²) in [5.41, 5.74) is 15.4. The number of nitrogens with one attached hydrogen (secondary N) is 2. The van der Waals surface area contributed by atoms with Gasteiger partial charge in [-0.15, -0.1) is 6.58 Å². The molecule has 6 heteroatoms. The highest BCUT2D eigenvalue weighted by molar-refractivity contribution is 7.80. The van der Waals surface area contributed by atoms with Crippen molar-refractivity contribution < 1.29 is 0 Å². The van der Waals surface area contributed by atoms with Gasteiger partial charge in [0, 0.05) is 32.7 Å². The van der Waals surface area contributed by atoms with Gasteiger partial charge in [-0.3, -0.25) is 0 Å². The van der Waals surface area contributed by atoms with E-state index in [1.165, 1.54) is 0 Å². The van der Waals surface area contributed by atoms with Gasteiger partial charge in [0.05, 0.1) is 0 Å². The predicted octanol–water partition coefficient (Wildman–Crippen LogP) is -1.50. The van der Waals surface area contributed by atoms with Gasteiger partial charge in [-0.1, -0.05) is 6.08 Å². The second kappa shape index (κ2) is 14.8. The number of nitrogens with two attached hydrogens (primary N) is 3. The normalized spacial score (nSPS) is 8.43. The molecule has 8 N–H and O–H groups in total. The average molecular weight is 219 g/mol. The Morgan fingerprint density at radius 1 is 1.29 bits per heavy atom. The summed E-state index contributed by atoms with van der Waals surface area (Å²) in [6.45, 7) is 7.24. The molecule has 84 valence electrons. The molecule has 0 aliphatic carbocycles. The molecule has 0 aromatic rings.